The maximum Gasteiger partial charge on any atom is 0.152 e. The first-order valence-corrected chi connectivity index (χ1v) is 8.04. The van der Waals surface area contributed by atoms with Gasteiger partial charge in [0.25, 0.3) is 0 Å². The molecule has 0 N–H and O–H groups in total. The molecule has 1 saturated heterocycles. The predicted octanol–water partition coefficient (Wildman–Crippen LogP) is 2.97. The lowest BCUT2D eigenvalue weighted by Gasteiger charge is -2.36. The highest BCUT2D eigenvalue weighted by Crippen LogP contribution is 2.26. The third kappa shape index (κ3) is 3.74. The van der Waals surface area contributed by atoms with Crippen molar-refractivity contribution in [2.75, 3.05) is 38.2 Å². The van der Waals surface area contributed by atoms with Gasteiger partial charge in [0.1, 0.15) is 11.6 Å². The summed E-state index contributed by atoms with van der Waals surface area (Å²) in [4.78, 5) is 15.8. The van der Waals surface area contributed by atoms with E-state index in [2.05, 4.69) is 9.80 Å². The Morgan fingerprint density at radius 2 is 1.79 bits per heavy atom. The van der Waals surface area contributed by atoms with Gasteiger partial charge in [0, 0.05) is 44.4 Å². The Bertz CT molecular complexity index is 695. The van der Waals surface area contributed by atoms with Crippen LogP contribution in [0.4, 0.5) is 10.1 Å². The molecule has 4 nitrogen and oxygen atoms in total. The van der Waals surface area contributed by atoms with Gasteiger partial charge >= 0.3 is 0 Å². The second-order valence-corrected chi connectivity index (χ2v) is 5.93. The van der Waals surface area contributed by atoms with Crippen LogP contribution in [-0.2, 0) is 6.54 Å². The van der Waals surface area contributed by atoms with Crippen LogP contribution in [0.3, 0.4) is 0 Å². The number of rotatable bonds is 5. The van der Waals surface area contributed by atoms with Gasteiger partial charge in [-0.25, -0.2) is 4.39 Å². The standard InChI is InChI=1S/C19H21FN2O2/c1-24-18-7-4-16(14-23)19(12-18)22-10-8-21(9-11-22)13-15-2-5-17(20)6-3-15/h2-7,12,14H,8-11,13H2,1H3. The number of methoxy groups -OCH3 is 1. The summed E-state index contributed by atoms with van der Waals surface area (Å²) in [5.41, 5.74) is 2.72. The van der Waals surface area contributed by atoms with Crippen LogP contribution in [0.5, 0.6) is 5.75 Å². The summed E-state index contributed by atoms with van der Waals surface area (Å²) in [6.07, 6.45) is 0.889. The summed E-state index contributed by atoms with van der Waals surface area (Å²) >= 11 is 0. The van der Waals surface area contributed by atoms with E-state index in [9.17, 15) is 9.18 Å². The molecule has 1 fully saturated rings. The molecule has 3 rings (SSSR count). The molecule has 0 unspecified atom stereocenters. The molecule has 1 aliphatic heterocycles. The van der Waals surface area contributed by atoms with Gasteiger partial charge in [-0.1, -0.05) is 12.1 Å². The van der Waals surface area contributed by atoms with E-state index in [1.54, 1.807) is 19.2 Å². The van der Waals surface area contributed by atoms with E-state index in [0.717, 1.165) is 56.0 Å². The minimum absolute atomic E-state index is 0.206. The highest BCUT2D eigenvalue weighted by Gasteiger charge is 2.19. The van der Waals surface area contributed by atoms with E-state index < -0.39 is 0 Å². The third-order valence-corrected chi connectivity index (χ3v) is 4.40. The molecule has 0 bridgehead atoms. The van der Waals surface area contributed by atoms with Crippen molar-refractivity contribution in [2.24, 2.45) is 0 Å². The van der Waals surface area contributed by atoms with Gasteiger partial charge in [-0.2, -0.15) is 0 Å². The number of anilines is 1. The summed E-state index contributed by atoms with van der Waals surface area (Å²) in [7, 11) is 1.63. The molecule has 0 saturated carbocycles. The zero-order valence-corrected chi connectivity index (χ0v) is 13.7. The smallest absolute Gasteiger partial charge is 0.152 e. The van der Waals surface area contributed by atoms with Crippen molar-refractivity contribution in [3.05, 3.63) is 59.4 Å². The van der Waals surface area contributed by atoms with Crippen molar-refractivity contribution in [3.63, 3.8) is 0 Å². The van der Waals surface area contributed by atoms with Crippen molar-refractivity contribution < 1.29 is 13.9 Å². The zero-order valence-electron chi connectivity index (χ0n) is 13.7. The Hall–Kier alpha value is -2.40. The maximum atomic E-state index is 13.0. The highest BCUT2D eigenvalue weighted by molar-refractivity contribution is 5.85. The molecule has 1 heterocycles. The van der Waals surface area contributed by atoms with Crippen LogP contribution in [0.2, 0.25) is 0 Å². The number of hydrogen-bond donors (Lipinski definition) is 0. The summed E-state index contributed by atoms with van der Waals surface area (Å²) in [5.74, 6) is 0.548. The summed E-state index contributed by atoms with van der Waals surface area (Å²) in [6, 6.07) is 12.2. The lowest BCUT2D eigenvalue weighted by atomic mass is 10.1. The van der Waals surface area contributed by atoms with E-state index in [1.165, 1.54) is 12.1 Å². The molecule has 0 atom stereocenters. The van der Waals surface area contributed by atoms with Gasteiger partial charge in [0.15, 0.2) is 6.29 Å². The Kier molecular flexibility index (Phi) is 5.11. The van der Waals surface area contributed by atoms with Gasteiger partial charge in [0.2, 0.25) is 0 Å². The molecule has 2 aromatic carbocycles. The number of aldehydes is 1. The maximum absolute atomic E-state index is 13.0. The number of ether oxygens (including phenoxy) is 1. The first-order valence-electron chi connectivity index (χ1n) is 8.04. The Labute approximate surface area is 141 Å². The average Bonchev–Trinajstić information content (AvgIpc) is 2.64. The van der Waals surface area contributed by atoms with Gasteiger partial charge in [-0.15, -0.1) is 0 Å². The molecule has 0 aromatic heterocycles. The van der Waals surface area contributed by atoms with E-state index in [1.807, 2.05) is 18.2 Å². The number of piperazine rings is 1. The lowest BCUT2D eigenvalue weighted by Crippen LogP contribution is -2.46. The number of carbonyl (C=O) groups is 1. The van der Waals surface area contributed by atoms with Gasteiger partial charge in [-0.3, -0.25) is 9.69 Å². The normalized spacial score (nSPS) is 15.3. The Morgan fingerprint density at radius 3 is 2.42 bits per heavy atom. The van der Waals surface area contributed by atoms with Crippen molar-refractivity contribution in [1.82, 2.24) is 4.90 Å². The topological polar surface area (TPSA) is 32.8 Å². The van der Waals surface area contributed by atoms with Gasteiger partial charge < -0.3 is 9.64 Å². The number of hydrogen-bond acceptors (Lipinski definition) is 4. The first kappa shape index (κ1) is 16.5. The second-order valence-electron chi connectivity index (χ2n) is 5.93. The van der Waals surface area contributed by atoms with Crippen molar-refractivity contribution in [1.29, 1.82) is 0 Å². The minimum Gasteiger partial charge on any atom is -0.497 e. The quantitative estimate of drug-likeness (QED) is 0.790. The van der Waals surface area contributed by atoms with Crippen LogP contribution in [0, 0.1) is 5.82 Å². The molecule has 0 radical (unpaired) electrons. The molecule has 5 heteroatoms. The largest absolute Gasteiger partial charge is 0.497 e. The SMILES string of the molecule is COc1ccc(C=O)c(N2CCN(Cc3ccc(F)cc3)CC2)c1. The lowest BCUT2D eigenvalue weighted by molar-refractivity contribution is 0.112. The van der Waals surface area contributed by atoms with Crippen LogP contribution >= 0.6 is 0 Å². The molecule has 1 aliphatic rings. The van der Waals surface area contributed by atoms with Crippen molar-refractivity contribution in [3.8, 4) is 5.75 Å². The fourth-order valence-corrected chi connectivity index (χ4v) is 3.02. The van der Waals surface area contributed by atoms with Crippen LogP contribution in [0.15, 0.2) is 42.5 Å². The van der Waals surface area contributed by atoms with Crippen LogP contribution in [0.25, 0.3) is 0 Å². The zero-order chi connectivity index (χ0) is 16.9. The van der Waals surface area contributed by atoms with E-state index >= 15 is 0 Å². The highest BCUT2D eigenvalue weighted by atomic mass is 19.1. The third-order valence-electron chi connectivity index (χ3n) is 4.40. The number of halogens is 1. The monoisotopic (exact) mass is 328 g/mol. The molecular formula is C19H21FN2O2. The summed E-state index contributed by atoms with van der Waals surface area (Å²) < 4.78 is 18.2. The van der Waals surface area contributed by atoms with Crippen LogP contribution < -0.4 is 9.64 Å². The molecule has 126 valence electrons. The summed E-state index contributed by atoms with van der Waals surface area (Å²) in [6.45, 7) is 4.29. The van der Waals surface area contributed by atoms with Crippen molar-refractivity contribution >= 4 is 12.0 Å². The predicted molar refractivity (Wildman–Crippen MR) is 92.3 cm³/mol. The van der Waals surface area contributed by atoms with Crippen molar-refractivity contribution in [2.45, 2.75) is 6.54 Å². The molecule has 0 aliphatic carbocycles. The molecule has 2 aromatic rings. The Balaban J connectivity index is 1.64. The Morgan fingerprint density at radius 1 is 1.08 bits per heavy atom. The molecule has 24 heavy (non-hydrogen) atoms. The fourth-order valence-electron chi connectivity index (χ4n) is 3.02. The average molecular weight is 328 g/mol. The van der Waals surface area contributed by atoms with E-state index in [-0.39, 0.29) is 5.82 Å². The number of benzene rings is 2. The molecule has 0 spiro atoms. The van der Waals surface area contributed by atoms with E-state index in [0.29, 0.717) is 5.56 Å². The minimum atomic E-state index is -0.206. The first-order chi connectivity index (χ1) is 11.7. The summed E-state index contributed by atoms with van der Waals surface area (Å²) in [5, 5.41) is 0. The second kappa shape index (κ2) is 7.45. The molecular weight excluding hydrogens is 307 g/mol. The van der Waals surface area contributed by atoms with Gasteiger partial charge in [-0.05, 0) is 29.8 Å². The van der Waals surface area contributed by atoms with Crippen LogP contribution in [-0.4, -0.2) is 44.5 Å². The van der Waals surface area contributed by atoms with Crippen LogP contribution in [0.1, 0.15) is 15.9 Å². The fraction of sp³-hybridized carbons (Fsp3) is 0.316. The number of nitrogens with zero attached hydrogens (tertiary/aromatic N) is 2. The molecule has 0 amide bonds. The van der Waals surface area contributed by atoms with Gasteiger partial charge in [0.05, 0.1) is 12.8 Å². The van der Waals surface area contributed by atoms with E-state index in [4.69, 9.17) is 4.74 Å². The number of carbonyl (C=O) groups excluding carboxylic acids is 1.